The first-order chi connectivity index (χ1) is 10.2. The van der Waals surface area contributed by atoms with Gasteiger partial charge in [-0.05, 0) is 49.9 Å². The van der Waals surface area contributed by atoms with Gasteiger partial charge in [-0.1, -0.05) is 31.2 Å². The second kappa shape index (κ2) is 9.13. The number of nitrogens with one attached hydrogen (secondary N) is 2. The average molecular weight is 327 g/mol. The molecule has 4 nitrogen and oxygen atoms in total. The molecule has 0 spiro atoms. The van der Waals surface area contributed by atoms with Gasteiger partial charge in [-0.2, -0.15) is 0 Å². The number of benzene rings is 1. The highest BCUT2D eigenvalue weighted by atomic mass is 35.5. The average Bonchev–Trinajstić information content (AvgIpc) is 2.56. The molecular formula is C17H27ClN2O2. The number of hydrogen-bond donors (Lipinski definition) is 2. The van der Waals surface area contributed by atoms with Crippen LogP contribution >= 0.6 is 12.4 Å². The summed E-state index contributed by atoms with van der Waals surface area (Å²) < 4.78 is 5.52. The Morgan fingerprint density at radius 3 is 2.36 bits per heavy atom. The highest BCUT2D eigenvalue weighted by molar-refractivity contribution is 5.85. The summed E-state index contributed by atoms with van der Waals surface area (Å²) in [4.78, 5) is 12.4. The zero-order chi connectivity index (χ0) is 15.1. The Bertz CT molecular complexity index is 456. The number of carbonyl (C=O) groups excluding carboxylic acids is 1. The number of hydrogen-bond acceptors (Lipinski definition) is 3. The molecule has 0 aliphatic carbocycles. The van der Waals surface area contributed by atoms with E-state index in [4.69, 9.17) is 4.74 Å². The third-order valence-electron chi connectivity index (χ3n) is 4.35. The summed E-state index contributed by atoms with van der Waals surface area (Å²) in [5.74, 6) is 0.0247. The van der Waals surface area contributed by atoms with Crippen molar-refractivity contribution >= 4 is 18.3 Å². The lowest BCUT2D eigenvalue weighted by molar-refractivity contribution is -0.146. The maximum atomic E-state index is 12.4. The second-order valence-electron chi connectivity index (χ2n) is 5.62. The fourth-order valence-electron chi connectivity index (χ4n) is 2.78. The minimum absolute atomic E-state index is 0. The van der Waals surface area contributed by atoms with Crippen molar-refractivity contribution in [2.75, 3.05) is 26.7 Å². The van der Waals surface area contributed by atoms with Crippen LogP contribution in [0.4, 0.5) is 0 Å². The Balaban J connectivity index is 0.00000242. The molecule has 0 bridgehead atoms. The highest BCUT2D eigenvalue weighted by Crippen LogP contribution is 2.22. The van der Waals surface area contributed by atoms with E-state index in [1.165, 1.54) is 11.1 Å². The van der Waals surface area contributed by atoms with Crippen molar-refractivity contribution in [1.82, 2.24) is 10.6 Å². The molecule has 1 saturated heterocycles. The van der Waals surface area contributed by atoms with Crippen LogP contribution < -0.4 is 10.6 Å². The molecule has 2 rings (SSSR count). The number of rotatable bonds is 6. The maximum absolute atomic E-state index is 12.4. The lowest BCUT2D eigenvalue weighted by Gasteiger charge is -2.34. The Morgan fingerprint density at radius 1 is 1.23 bits per heavy atom. The van der Waals surface area contributed by atoms with Gasteiger partial charge in [0.05, 0.1) is 0 Å². The minimum Gasteiger partial charge on any atom is -0.368 e. The maximum Gasteiger partial charge on any atom is 0.252 e. The molecule has 1 amide bonds. The molecule has 1 aliphatic heterocycles. The van der Waals surface area contributed by atoms with Crippen LogP contribution in [0.2, 0.25) is 0 Å². The smallest absolute Gasteiger partial charge is 0.252 e. The highest BCUT2D eigenvalue weighted by Gasteiger charge is 2.39. The minimum atomic E-state index is -0.642. The standard InChI is InChI=1S/C17H26N2O2.ClH/c1-3-14-4-6-15(7-5-14)8-11-19-16(20)17(21-2)9-12-18-13-10-17;/h4-7,18H,3,8-13H2,1-2H3,(H,19,20);1H. The third kappa shape index (κ3) is 4.70. The zero-order valence-electron chi connectivity index (χ0n) is 13.5. The van der Waals surface area contributed by atoms with Crippen LogP contribution in [0.15, 0.2) is 24.3 Å². The number of ether oxygens (including phenoxy) is 1. The topological polar surface area (TPSA) is 50.4 Å². The molecule has 0 atom stereocenters. The van der Waals surface area contributed by atoms with Gasteiger partial charge in [-0.3, -0.25) is 4.79 Å². The lowest BCUT2D eigenvalue weighted by Crippen LogP contribution is -2.54. The number of amides is 1. The van der Waals surface area contributed by atoms with Crippen molar-refractivity contribution in [3.63, 3.8) is 0 Å². The van der Waals surface area contributed by atoms with E-state index >= 15 is 0 Å². The number of methoxy groups -OCH3 is 1. The van der Waals surface area contributed by atoms with Gasteiger partial charge in [0.25, 0.3) is 5.91 Å². The summed E-state index contributed by atoms with van der Waals surface area (Å²) in [6.07, 6.45) is 3.39. The molecule has 5 heteroatoms. The molecule has 0 saturated carbocycles. The van der Waals surface area contributed by atoms with E-state index in [9.17, 15) is 4.79 Å². The molecule has 0 unspecified atom stereocenters. The van der Waals surface area contributed by atoms with Gasteiger partial charge in [0.15, 0.2) is 0 Å². The third-order valence-corrected chi connectivity index (χ3v) is 4.35. The van der Waals surface area contributed by atoms with Crippen molar-refractivity contribution in [2.24, 2.45) is 0 Å². The van der Waals surface area contributed by atoms with Gasteiger partial charge in [0, 0.05) is 13.7 Å². The predicted octanol–water partition coefficient (Wildman–Crippen LogP) is 2.10. The first kappa shape index (κ1) is 18.9. The Labute approximate surface area is 139 Å². The zero-order valence-corrected chi connectivity index (χ0v) is 14.3. The van der Waals surface area contributed by atoms with Crippen LogP contribution in [0, 0.1) is 0 Å². The van der Waals surface area contributed by atoms with E-state index in [1.54, 1.807) is 7.11 Å². The molecule has 2 N–H and O–H groups in total. The summed E-state index contributed by atoms with van der Waals surface area (Å²) >= 11 is 0. The van der Waals surface area contributed by atoms with Crippen LogP contribution in [0.3, 0.4) is 0 Å². The largest absolute Gasteiger partial charge is 0.368 e. The summed E-state index contributed by atoms with van der Waals surface area (Å²) in [6, 6.07) is 8.59. The molecule has 1 aromatic rings. The molecule has 1 heterocycles. The van der Waals surface area contributed by atoms with Gasteiger partial charge in [0.2, 0.25) is 0 Å². The first-order valence-electron chi connectivity index (χ1n) is 7.82. The van der Waals surface area contributed by atoms with E-state index in [2.05, 4.69) is 41.8 Å². The molecule has 1 fully saturated rings. The lowest BCUT2D eigenvalue weighted by atomic mass is 9.91. The summed E-state index contributed by atoms with van der Waals surface area (Å²) in [6.45, 7) is 4.47. The second-order valence-corrected chi connectivity index (χ2v) is 5.62. The monoisotopic (exact) mass is 326 g/mol. The van der Waals surface area contributed by atoms with Gasteiger partial charge >= 0.3 is 0 Å². The van der Waals surface area contributed by atoms with Gasteiger partial charge in [0.1, 0.15) is 5.60 Å². The summed E-state index contributed by atoms with van der Waals surface area (Å²) in [7, 11) is 1.63. The fourth-order valence-corrected chi connectivity index (χ4v) is 2.78. The van der Waals surface area contributed by atoms with Crippen LogP contribution in [0.5, 0.6) is 0 Å². The van der Waals surface area contributed by atoms with Crippen LogP contribution in [0.1, 0.15) is 30.9 Å². The van der Waals surface area contributed by atoms with E-state index in [1.807, 2.05) is 0 Å². The number of piperidine rings is 1. The van der Waals surface area contributed by atoms with Crippen LogP contribution in [0.25, 0.3) is 0 Å². The molecule has 22 heavy (non-hydrogen) atoms. The molecular weight excluding hydrogens is 300 g/mol. The van der Waals surface area contributed by atoms with E-state index in [-0.39, 0.29) is 18.3 Å². The van der Waals surface area contributed by atoms with Crippen LogP contribution in [-0.2, 0) is 22.4 Å². The van der Waals surface area contributed by atoms with Gasteiger partial charge in [-0.15, -0.1) is 12.4 Å². The van der Waals surface area contributed by atoms with Crippen molar-refractivity contribution in [2.45, 2.75) is 38.2 Å². The molecule has 1 aromatic carbocycles. The Morgan fingerprint density at radius 2 is 1.82 bits per heavy atom. The summed E-state index contributed by atoms with van der Waals surface area (Å²) in [5, 5.41) is 6.29. The van der Waals surface area contributed by atoms with Gasteiger partial charge in [-0.25, -0.2) is 0 Å². The number of carbonyl (C=O) groups is 1. The first-order valence-corrected chi connectivity index (χ1v) is 7.82. The van der Waals surface area contributed by atoms with E-state index in [0.717, 1.165) is 38.8 Å². The normalized spacial score (nSPS) is 16.6. The molecule has 124 valence electrons. The molecule has 0 radical (unpaired) electrons. The quantitative estimate of drug-likeness (QED) is 0.841. The molecule has 1 aliphatic rings. The van der Waals surface area contributed by atoms with E-state index in [0.29, 0.717) is 6.54 Å². The van der Waals surface area contributed by atoms with Crippen molar-refractivity contribution in [3.05, 3.63) is 35.4 Å². The van der Waals surface area contributed by atoms with Crippen LogP contribution in [-0.4, -0.2) is 38.3 Å². The molecule has 0 aromatic heterocycles. The number of halogens is 1. The predicted molar refractivity (Wildman–Crippen MR) is 91.6 cm³/mol. The Hall–Kier alpha value is -1.10. The van der Waals surface area contributed by atoms with Crippen molar-refractivity contribution in [3.8, 4) is 0 Å². The fraction of sp³-hybridized carbons (Fsp3) is 0.588. The van der Waals surface area contributed by atoms with E-state index < -0.39 is 5.60 Å². The SMILES string of the molecule is CCc1ccc(CCNC(=O)C2(OC)CCNCC2)cc1.Cl. The number of aryl methyl sites for hydroxylation is 1. The van der Waals surface area contributed by atoms with Crippen molar-refractivity contribution in [1.29, 1.82) is 0 Å². The van der Waals surface area contributed by atoms with Gasteiger partial charge < -0.3 is 15.4 Å². The summed E-state index contributed by atoms with van der Waals surface area (Å²) in [5.41, 5.74) is 1.96. The van der Waals surface area contributed by atoms with Crippen molar-refractivity contribution < 1.29 is 9.53 Å². The Kier molecular flexibility index (Phi) is 7.87.